The number of hydrogen-bond donors (Lipinski definition) is 0. The summed E-state index contributed by atoms with van der Waals surface area (Å²) in [4.78, 5) is 7.87. The number of rotatable bonds is 8. The molecule has 0 amide bonds. The van der Waals surface area contributed by atoms with Crippen LogP contribution in [-0.4, -0.2) is 32.4 Å². The highest BCUT2D eigenvalue weighted by Crippen LogP contribution is 2.40. The third-order valence-electron chi connectivity index (χ3n) is 5.31. The lowest BCUT2D eigenvalue weighted by molar-refractivity contribution is 0.178. The standard InChI is InChI=1S/C25H26ClFN2O2S/c1-7-10-29(22(14-30-5)18-9-8-15(2)21(27)12-18)25-28-24(17(4)32-25)19-11-16(3)23(31-6)13-20(19)26/h1,8-9,11-13,22H,10,14H2,2-6H3/t22-/m0/s1. The fourth-order valence-electron chi connectivity index (χ4n) is 3.57. The Morgan fingerprint density at radius 2 is 1.94 bits per heavy atom. The van der Waals surface area contributed by atoms with Gasteiger partial charge in [-0.1, -0.05) is 29.7 Å². The van der Waals surface area contributed by atoms with Crippen LogP contribution in [0, 0.1) is 38.9 Å². The number of aryl methyl sites for hydroxylation is 3. The van der Waals surface area contributed by atoms with Crippen molar-refractivity contribution in [2.24, 2.45) is 0 Å². The van der Waals surface area contributed by atoms with Gasteiger partial charge in [-0.15, -0.1) is 17.8 Å². The van der Waals surface area contributed by atoms with Crippen LogP contribution in [0.4, 0.5) is 9.52 Å². The van der Waals surface area contributed by atoms with Gasteiger partial charge in [0, 0.05) is 17.6 Å². The van der Waals surface area contributed by atoms with Gasteiger partial charge in [0.25, 0.3) is 0 Å². The highest BCUT2D eigenvalue weighted by molar-refractivity contribution is 7.16. The fourth-order valence-corrected chi connectivity index (χ4v) is 4.78. The van der Waals surface area contributed by atoms with Gasteiger partial charge in [-0.3, -0.25) is 0 Å². The summed E-state index contributed by atoms with van der Waals surface area (Å²) >= 11 is 8.07. The van der Waals surface area contributed by atoms with Gasteiger partial charge in [-0.25, -0.2) is 9.37 Å². The molecule has 1 atom stereocenters. The molecule has 0 fully saturated rings. The Kier molecular flexibility index (Phi) is 7.78. The van der Waals surface area contributed by atoms with Gasteiger partial charge in [0.2, 0.25) is 0 Å². The quantitative estimate of drug-likeness (QED) is 0.357. The molecule has 0 radical (unpaired) electrons. The third kappa shape index (κ3) is 4.91. The first-order valence-electron chi connectivity index (χ1n) is 10.1. The molecular formula is C25H26ClFN2O2S. The maximum atomic E-state index is 14.3. The van der Waals surface area contributed by atoms with Gasteiger partial charge >= 0.3 is 0 Å². The summed E-state index contributed by atoms with van der Waals surface area (Å²) in [5.74, 6) is 3.17. The van der Waals surface area contributed by atoms with Crippen LogP contribution in [0.2, 0.25) is 5.02 Å². The van der Waals surface area contributed by atoms with Crippen molar-refractivity contribution in [2.45, 2.75) is 26.8 Å². The molecule has 168 valence electrons. The molecule has 7 heteroatoms. The zero-order valence-corrected chi connectivity index (χ0v) is 20.4. The molecule has 0 aliphatic heterocycles. The van der Waals surface area contributed by atoms with Crippen LogP contribution in [0.1, 0.15) is 27.6 Å². The number of anilines is 1. The Morgan fingerprint density at radius 1 is 1.19 bits per heavy atom. The zero-order valence-electron chi connectivity index (χ0n) is 18.8. The Morgan fingerprint density at radius 3 is 2.56 bits per heavy atom. The van der Waals surface area contributed by atoms with Gasteiger partial charge in [0.05, 0.1) is 37.0 Å². The molecule has 0 saturated heterocycles. The van der Waals surface area contributed by atoms with Gasteiger partial charge in [0.1, 0.15) is 11.6 Å². The smallest absolute Gasteiger partial charge is 0.187 e. The molecule has 3 rings (SSSR count). The summed E-state index contributed by atoms with van der Waals surface area (Å²) < 4.78 is 25.2. The number of nitrogens with zero attached hydrogens (tertiary/aromatic N) is 2. The predicted molar refractivity (Wildman–Crippen MR) is 131 cm³/mol. The van der Waals surface area contributed by atoms with Crippen molar-refractivity contribution in [2.75, 3.05) is 32.3 Å². The lowest BCUT2D eigenvalue weighted by Crippen LogP contribution is -2.32. The fraction of sp³-hybridized carbons (Fsp3) is 0.320. The molecule has 0 aliphatic rings. The molecule has 1 heterocycles. The Balaban J connectivity index is 2.08. The molecule has 0 spiro atoms. The van der Waals surface area contributed by atoms with Crippen LogP contribution in [0.15, 0.2) is 30.3 Å². The molecular weight excluding hydrogens is 447 g/mol. The van der Waals surface area contributed by atoms with Crippen molar-refractivity contribution in [3.05, 3.63) is 62.7 Å². The summed E-state index contributed by atoms with van der Waals surface area (Å²) in [5, 5.41) is 1.29. The van der Waals surface area contributed by atoms with E-state index in [0.717, 1.165) is 38.1 Å². The van der Waals surface area contributed by atoms with Gasteiger partial charge in [0.15, 0.2) is 5.13 Å². The molecule has 0 N–H and O–H groups in total. The van der Waals surface area contributed by atoms with E-state index in [1.165, 1.54) is 17.4 Å². The minimum absolute atomic E-state index is 0.263. The first-order valence-corrected chi connectivity index (χ1v) is 11.3. The van der Waals surface area contributed by atoms with E-state index < -0.39 is 0 Å². The zero-order chi connectivity index (χ0) is 23.4. The Labute approximate surface area is 198 Å². The van der Waals surface area contributed by atoms with E-state index in [1.54, 1.807) is 33.3 Å². The van der Waals surface area contributed by atoms with Gasteiger partial charge in [-0.05, 0) is 55.7 Å². The first-order chi connectivity index (χ1) is 15.3. The average molecular weight is 473 g/mol. The number of halogens is 2. The second-order valence-electron chi connectivity index (χ2n) is 7.51. The van der Waals surface area contributed by atoms with E-state index in [1.807, 2.05) is 30.9 Å². The van der Waals surface area contributed by atoms with Crippen LogP contribution in [-0.2, 0) is 4.74 Å². The molecule has 0 bridgehead atoms. The van der Waals surface area contributed by atoms with E-state index in [-0.39, 0.29) is 11.9 Å². The maximum absolute atomic E-state index is 14.3. The number of aromatic nitrogens is 1. The summed E-state index contributed by atoms with van der Waals surface area (Å²) in [6, 6.07) is 8.68. The maximum Gasteiger partial charge on any atom is 0.187 e. The minimum atomic E-state index is -0.294. The third-order valence-corrected chi connectivity index (χ3v) is 6.63. The van der Waals surface area contributed by atoms with Crippen molar-refractivity contribution in [3.8, 4) is 29.4 Å². The van der Waals surface area contributed by atoms with Crippen molar-refractivity contribution in [1.29, 1.82) is 0 Å². The summed E-state index contributed by atoms with van der Waals surface area (Å²) in [5.41, 5.74) is 3.95. The van der Waals surface area contributed by atoms with Gasteiger partial charge in [-0.2, -0.15) is 0 Å². The summed E-state index contributed by atoms with van der Waals surface area (Å²) in [6.07, 6.45) is 5.70. The lowest BCUT2D eigenvalue weighted by Gasteiger charge is -2.30. The van der Waals surface area contributed by atoms with Crippen molar-refractivity contribution < 1.29 is 13.9 Å². The van der Waals surface area contributed by atoms with Crippen molar-refractivity contribution in [3.63, 3.8) is 0 Å². The molecule has 0 unspecified atom stereocenters. The SMILES string of the molecule is C#CCN(c1nc(-c2cc(C)c(OC)cc2Cl)c(C)s1)[C@@H](COC)c1ccc(C)c(F)c1. The monoisotopic (exact) mass is 472 g/mol. The van der Waals surface area contributed by atoms with Crippen LogP contribution < -0.4 is 9.64 Å². The highest BCUT2D eigenvalue weighted by atomic mass is 35.5. The van der Waals surface area contributed by atoms with Crippen molar-refractivity contribution >= 4 is 28.1 Å². The Bertz CT molecular complexity index is 1160. The highest BCUT2D eigenvalue weighted by Gasteiger charge is 2.26. The minimum Gasteiger partial charge on any atom is -0.496 e. The number of terminal acetylenes is 1. The number of benzene rings is 2. The topological polar surface area (TPSA) is 34.6 Å². The van der Waals surface area contributed by atoms with E-state index in [2.05, 4.69) is 5.92 Å². The summed E-state index contributed by atoms with van der Waals surface area (Å²) in [6.45, 7) is 6.33. The lowest BCUT2D eigenvalue weighted by atomic mass is 10.0. The second kappa shape index (κ2) is 10.4. The molecule has 1 aromatic heterocycles. The van der Waals surface area contributed by atoms with Gasteiger partial charge < -0.3 is 14.4 Å². The number of hydrogen-bond acceptors (Lipinski definition) is 5. The summed E-state index contributed by atoms with van der Waals surface area (Å²) in [7, 11) is 3.23. The Hall–Kier alpha value is -2.59. The number of ether oxygens (including phenoxy) is 2. The molecule has 4 nitrogen and oxygen atoms in total. The molecule has 3 aromatic rings. The van der Waals surface area contributed by atoms with Crippen molar-refractivity contribution in [1.82, 2.24) is 4.98 Å². The number of methoxy groups -OCH3 is 2. The van der Waals surface area contributed by atoms with E-state index >= 15 is 0 Å². The van der Waals surface area contributed by atoms with E-state index in [4.69, 9.17) is 32.5 Å². The van der Waals surface area contributed by atoms with Crippen LogP contribution in [0.25, 0.3) is 11.3 Å². The van der Waals surface area contributed by atoms with Crippen LogP contribution >= 0.6 is 22.9 Å². The normalized spacial score (nSPS) is 11.8. The molecule has 2 aromatic carbocycles. The first kappa shape index (κ1) is 24.1. The molecule has 32 heavy (non-hydrogen) atoms. The predicted octanol–water partition coefficient (Wildman–Crippen LogP) is 6.36. The van der Waals surface area contributed by atoms with Crippen LogP contribution in [0.3, 0.4) is 0 Å². The van der Waals surface area contributed by atoms with E-state index in [9.17, 15) is 4.39 Å². The number of thiazole rings is 1. The molecule has 0 aliphatic carbocycles. The van der Waals surface area contributed by atoms with Crippen LogP contribution in [0.5, 0.6) is 5.75 Å². The largest absolute Gasteiger partial charge is 0.496 e. The molecule has 0 saturated carbocycles. The second-order valence-corrected chi connectivity index (χ2v) is 9.10. The average Bonchev–Trinajstić information content (AvgIpc) is 3.15. The van der Waals surface area contributed by atoms with E-state index in [0.29, 0.717) is 23.7 Å².